The molecule has 36 heavy (non-hydrogen) atoms. The maximum absolute atomic E-state index is 13.4. The number of aliphatic hydroxyl groups excluding tert-OH is 1. The lowest BCUT2D eigenvalue weighted by atomic mass is 9.74. The number of hydrogen-bond donors (Lipinski definition) is 2. The molecule has 3 aromatic rings. The second-order valence-electron chi connectivity index (χ2n) is 10.7. The molecule has 0 aliphatic heterocycles. The van der Waals surface area contributed by atoms with Gasteiger partial charge in [-0.15, -0.1) is 0 Å². The number of nitrogens with zero attached hydrogens (tertiary/aromatic N) is 1. The lowest BCUT2D eigenvalue weighted by Crippen LogP contribution is -2.39. The number of carbonyl (C=O) groups is 1. The fraction of sp³-hybridized carbons (Fsp3) is 0.406. The van der Waals surface area contributed by atoms with Gasteiger partial charge in [0.2, 0.25) is 5.91 Å². The summed E-state index contributed by atoms with van der Waals surface area (Å²) in [5.41, 5.74) is 4.67. The van der Waals surface area contributed by atoms with Crippen LogP contribution < -0.4 is 5.32 Å². The monoisotopic (exact) mass is 484 g/mol. The summed E-state index contributed by atoms with van der Waals surface area (Å²) in [4.78, 5) is 15.7. The second kappa shape index (κ2) is 11.9. The third kappa shape index (κ3) is 6.05. The molecule has 4 nitrogen and oxygen atoms in total. The molecular formula is C32H40N2O2. The highest BCUT2D eigenvalue weighted by Crippen LogP contribution is 2.38. The van der Waals surface area contributed by atoms with Crippen molar-refractivity contribution in [2.75, 3.05) is 13.7 Å². The van der Waals surface area contributed by atoms with E-state index in [1.807, 2.05) is 30.3 Å². The topological polar surface area (TPSA) is 52.6 Å². The van der Waals surface area contributed by atoms with Gasteiger partial charge in [0.15, 0.2) is 0 Å². The summed E-state index contributed by atoms with van der Waals surface area (Å²) >= 11 is 0. The highest BCUT2D eigenvalue weighted by atomic mass is 16.3. The summed E-state index contributed by atoms with van der Waals surface area (Å²) < 4.78 is 0. The number of carbonyl (C=O) groups excluding carboxylic acids is 1. The lowest BCUT2D eigenvalue weighted by Gasteiger charge is -2.36. The van der Waals surface area contributed by atoms with E-state index < -0.39 is 0 Å². The van der Waals surface area contributed by atoms with Crippen LogP contribution in [0.25, 0.3) is 0 Å². The fourth-order valence-corrected chi connectivity index (χ4v) is 5.45. The van der Waals surface area contributed by atoms with Crippen LogP contribution in [0.3, 0.4) is 0 Å². The summed E-state index contributed by atoms with van der Waals surface area (Å²) in [6.45, 7) is 5.27. The first kappa shape index (κ1) is 26.1. The third-order valence-electron chi connectivity index (χ3n) is 8.07. The number of aliphatic hydroxyl groups is 1. The van der Waals surface area contributed by atoms with Crippen molar-refractivity contribution in [1.29, 1.82) is 0 Å². The standard InChI is InChI=1S/C32H40N2O2/c1-32(2,27-14-8-5-9-15-27)34(3)22-24-18-20-25(21-19-24)28-16-10-11-17-29(28)31(36)33-30(23-35)26-12-6-4-7-13-26/h4-9,12-15,18-21,28-30,35H,10-11,16-17,22-23H2,1-3H3,(H,33,36)/t28-,29+,30+/m1/s1. The molecule has 0 spiro atoms. The normalized spacial score (nSPS) is 19.1. The molecule has 3 atom stereocenters. The molecule has 0 aromatic heterocycles. The molecule has 3 aromatic carbocycles. The molecule has 4 heteroatoms. The SMILES string of the molecule is CN(Cc1ccc([C@H]2CCCC[C@@H]2C(=O)N[C@@H](CO)c2ccccc2)cc1)C(C)(C)c1ccccc1. The maximum atomic E-state index is 13.4. The zero-order valence-corrected chi connectivity index (χ0v) is 21.9. The Labute approximate surface area is 216 Å². The molecule has 0 saturated heterocycles. The van der Waals surface area contributed by atoms with Crippen LogP contribution in [0.5, 0.6) is 0 Å². The van der Waals surface area contributed by atoms with E-state index in [1.165, 1.54) is 16.7 Å². The minimum atomic E-state index is -0.368. The van der Waals surface area contributed by atoms with Crippen molar-refractivity contribution in [3.63, 3.8) is 0 Å². The molecule has 0 unspecified atom stereocenters. The Hall–Kier alpha value is -2.95. The van der Waals surface area contributed by atoms with Crippen LogP contribution in [0, 0.1) is 5.92 Å². The quantitative estimate of drug-likeness (QED) is 0.381. The molecule has 0 radical (unpaired) electrons. The van der Waals surface area contributed by atoms with E-state index in [0.717, 1.165) is 37.8 Å². The molecule has 0 bridgehead atoms. The number of rotatable bonds is 9. The van der Waals surface area contributed by atoms with Crippen LogP contribution in [0.15, 0.2) is 84.9 Å². The van der Waals surface area contributed by atoms with E-state index >= 15 is 0 Å². The van der Waals surface area contributed by atoms with E-state index in [-0.39, 0.29) is 35.9 Å². The van der Waals surface area contributed by atoms with Crippen LogP contribution >= 0.6 is 0 Å². The second-order valence-corrected chi connectivity index (χ2v) is 10.7. The third-order valence-corrected chi connectivity index (χ3v) is 8.07. The fourth-order valence-electron chi connectivity index (χ4n) is 5.45. The zero-order valence-electron chi connectivity index (χ0n) is 21.9. The molecule has 4 rings (SSSR count). The highest BCUT2D eigenvalue weighted by molar-refractivity contribution is 5.80. The highest BCUT2D eigenvalue weighted by Gasteiger charge is 2.33. The van der Waals surface area contributed by atoms with Gasteiger partial charge in [0.1, 0.15) is 0 Å². The Morgan fingerprint density at radius 2 is 1.56 bits per heavy atom. The molecule has 1 amide bonds. The summed E-state index contributed by atoms with van der Waals surface area (Å²) in [7, 11) is 2.17. The Morgan fingerprint density at radius 3 is 2.19 bits per heavy atom. The van der Waals surface area contributed by atoms with Crippen LogP contribution in [0.4, 0.5) is 0 Å². The number of amides is 1. The average molecular weight is 485 g/mol. The first-order valence-corrected chi connectivity index (χ1v) is 13.2. The van der Waals surface area contributed by atoms with Crippen molar-refractivity contribution in [3.05, 3.63) is 107 Å². The van der Waals surface area contributed by atoms with Gasteiger partial charge in [0, 0.05) is 18.0 Å². The molecule has 1 aliphatic rings. The van der Waals surface area contributed by atoms with Gasteiger partial charge in [-0.25, -0.2) is 0 Å². The average Bonchev–Trinajstić information content (AvgIpc) is 2.93. The van der Waals surface area contributed by atoms with Gasteiger partial charge in [-0.1, -0.05) is 97.8 Å². The van der Waals surface area contributed by atoms with E-state index in [2.05, 4.69) is 85.7 Å². The van der Waals surface area contributed by atoms with Crippen molar-refractivity contribution in [2.45, 2.75) is 63.6 Å². The minimum absolute atomic E-state index is 0.0519. The van der Waals surface area contributed by atoms with Crippen molar-refractivity contribution in [2.24, 2.45) is 5.92 Å². The van der Waals surface area contributed by atoms with E-state index in [4.69, 9.17) is 0 Å². The van der Waals surface area contributed by atoms with Gasteiger partial charge in [0.25, 0.3) is 0 Å². The molecule has 1 fully saturated rings. The Bertz CT molecular complexity index is 1100. The van der Waals surface area contributed by atoms with Crippen LogP contribution in [0.2, 0.25) is 0 Å². The molecule has 190 valence electrons. The molecular weight excluding hydrogens is 444 g/mol. The summed E-state index contributed by atoms with van der Waals surface area (Å²) in [6.07, 6.45) is 4.13. The van der Waals surface area contributed by atoms with E-state index in [9.17, 15) is 9.90 Å². The first-order valence-electron chi connectivity index (χ1n) is 13.2. The first-order chi connectivity index (χ1) is 17.4. The molecule has 1 aliphatic carbocycles. The Morgan fingerprint density at radius 1 is 0.944 bits per heavy atom. The smallest absolute Gasteiger partial charge is 0.224 e. The summed E-state index contributed by atoms with van der Waals surface area (Å²) in [5.74, 6) is 0.194. The van der Waals surface area contributed by atoms with Crippen molar-refractivity contribution >= 4 is 5.91 Å². The largest absolute Gasteiger partial charge is 0.394 e. The predicted molar refractivity (Wildman–Crippen MR) is 146 cm³/mol. The Balaban J connectivity index is 1.44. The Kier molecular flexibility index (Phi) is 8.60. The molecule has 0 heterocycles. The van der Waals surface area contributed by atoms with Crippen molar-refractivity contribution < 1.29 is 9.90 Å². The summed E-state index contributed by atoms with van der Waals surface area (Å²) in [5, 5.41) is 13.0. The molecule has 2 N–H and O–H groups in total. The number of benzene rings is 3. The van der Waals surface area contributed by atoms with Gasteiger partial charge in [-0.2, -0.15) is 0 Å². The number of hydrogen-bond acceptors (Lipinski definition) is 3. The molecule has 1 saturated carbocycles. The van der Waals surface area contributed by atoms with Gasteiger partial charge in [-0.05, 0) is 61.9 Å². The van der Waals surface area contributed by atoms with Gasteiger partial charge in [-0.3, -0.25) is 9.69 Å². The van der Waals surface area contributed by atoms with E-state index in [1.54, 1.807) is 0 Å². The summed E-state index contributed by atoms with van der Waals surface area (Å²) in [6, 6.07) is 28.9. The van der Waals surface area contributed by atoms with Crippen LogP contribution in [0.1, 0.15) is 73.7 Å². The van der Waals surface area contributed by atoms with Gasteiger partial charge in [0.05, 0.1) is 12.6 Å². The van der Waals surface area contributed by atoms with Crippen molar-refractivity contribution in [1.82, 2.24) is 10.2 Å². The minimum Gasteiger partial charge on any atom is -0.394 e. The van der Waals surface area contributed by atoms with Gasteiger partial charge >= 0.3 is 0 Å². The van der Waals surface area contributed by atoms with Crippen molar-refractivity contribution in [3.8, 4) is 0 Å². The van der Waals surface area contributed by atoms with Gasteiger partial charge < -0.3 is 10.4 Å². The maximum Gasteiger partial charge on any atom is 0.224 e. The van der Waals surface area contributed by atoms with Crippen LogP contribution in [-0.2, 0) is 16.9 Å². The number of nitrogens with one attached hydrogen (secondary N) is 1. The van der Waals surface area contributed by atoms with Crippen LogP contribution in [-0.4, -0.2) is 29.6 Å². The predicted octanol–water partition coefficient (Wildman–Crippen LogP) is 6.18. The van der Waals surface area contributed by atoms with E-state index in [0.29, 0.717) is 0 Å². The lowest BCUT2D eigenvalue weighted by molar-refractivity contribution is -0.127. The zero-order chi connectivity index (χ0) is 25.5.